The van der Waals surface area contributed by atoms with E-state index in [0.29, 0.717) is 18.1 Å². The van der Waals surface area contributed by atoms with Gasteiger partial charge in [-0.3, -0.25) is 4.79 Å². The Kier molecular flexibility index (Phi) is 7.57. The van der Waals surface area contributed by atoms with Gasteiger partial charge in [-0.2, -0.15) is 0 Å². The minimum atomic E-state index is -0.322. The predicted molar refractivity (Wildman–Crippen MR) is 116 cm³/mol. The molecule has 2 aromatic rings. The topological polar surface area (TPSA) is 61.9 Å². The average Bonchev–Trinajstić information content (AvgIpc) is 2.75. The van der Waals surface area contributed by atoms with Gasteiger partial charge in [0.15, 0.2) is 0 Å². The number of benzene rings is 2. The van der Waals surface area contributed by atoms with Gasteiger partial charge in [-0.05, 0) is 48.4 Å². The van der Waals surface area contributed by atoms with Crippen LogP contribution in [0.5, 0.6) is 0 Å². The van der Waals surface area contributed by atoms with Crippen LogP contribution in [-0.4, -0.2) is 47.4 Å². The van der Waals surface area contributed by atoms with Crippen LogP contribution in [0, 0.1) is 0 Å². The maximum atomic E-state index is 12.3. The molecule has 0 spiro atoms. The number of piperazine rings is 1. The second-order valence-corrected chi connectivity index (χ2v) is 7.95. The van der Waals surface area contributed by atoms with Gasteiger partial charge in [0.1, 0.15) is 6.61 Å². The highest BCUT2D eigenvalue weighted by atomic mass is 35.5. The number of hydrogen-bond acceptors (Lipinski definition) is 5. The first-order chi connectivity index (χ1) is 14.0. The highest BCUT2D eigenvalue weighted by Crippen LogP contribution is 2.25. The molecule has 3 rings (SSSR count). The molecule has 152 valence electrons. The molecule has 0 radical (unpaired) electrons. The molecule has 29 heavy (non-hydrogen) atoms. The van der Waals surface area contributed by atoms with Gasteiger partial charge in [-0.15, -0.1) is 0 Å². The van der Waals surface area contributed by atoms with Gasteiger partial charge in [0.2, 0.25) is 5.91 Å². The summed E-state index contributed by atoms with van der Waals surface area (Å²) in [7, 11) is 0. The van der Waals surface area contributed by atoms with Crippen LogP contribution in [0.15, 0.2) is 66.1 Å². The Balaban J connectivity index is 1.43. The molecule has 1 fully saturated rings. The standard InChI is InChI=1S/C21H22ClN3O3S/c1-2-20(26)23-17-7-9-18(10-8-17)29-25-13-11-24(12-14-25)21(27)28-15-16-5-3-4-6-19(16)22/h2-10H,1,11-15H2,(H,23,26). The lowest BCUT2D eigenvalue weighted by Crippen LogP contribution is -2.46. The molecule has 0 bridgehead atoms. The molecular weight excluding hydrogens is 410 g/mol. The third-order valence-electron chi connectivity index (χ3n) is 4.35. The van der Waals surface area contributed by atoms with Crippen molar-refractivity contribution in [1.82, 2.24) is 9.21 Å². The number of nitrogens with zero attached hydrogens (tertiary/aromatic N) is 2. The van der Waals surface area contributed by atoms with Crippen molar-refractivity contribution in [3.8, 4) is 0 Å². The van der Waals surface area contributed by atoms with E-state index >= 15 is 0 Å². The second kappa shape index (κ2) is 10.3. The Labute approximate surface area is 179 Å². The van der Waals surface area contributed by atoms with Gasteiger partial charge >= 0.3 is 6.09 Å². The molecule has 0 aromatic heterocycles. The van der Waals surface area contributed by atoms with Crippen LogP contribution in [0.3, 0.4) is 0 Å². The Morgan fingerprint density at radius 1 is 1.10 bits per heavy atom. The van der Waals surface area contributed by atoms with Gasteiger partial charge in [0, 0.05) is 47.3 Å². The summed E-state index contributed by atoms with van der Waals surface area (Å²) in [6.07, 6.45) is 0.915. The lowest BCUT2D eigenvalue weighted by molar-refractivity contribution is -0.111. The molecule has 1 saturated heterocycles. The number of anilines is 1. The second-order valence-electron chi connectivity index (χ2n) is 6.37. The highest BCUT2D eigenvalue weighted by molar-refractivity contribution is 7.97. The monoisotopic (exact) mass is 431 g/mol. The zero-order valence-corrected chi connectivity index (χ0v) is 17.4. The molecular formula is C21H22ClN3O3S. The SMILES string of the molecule is C=CC(=O)Nc1ccc(SN2CCN(C(=O)OCc3ccccc3Cl)CC2)cc1. The van der Waals surface area contributed by atoms with Crippen LogP contribution in [0.1, 0.15) is 5.56 Å². The fourth-order valence-corrected chi connectivity index (χ4v) is 3.84. The lowest BCUT2D eigenvalue weighted by Gasteiger charge is -2.33. The van der Waals surface area contributed by atoms with E-state index in [0.717, 1.165) is 29.2 Å². The van der Waals surface area contributed by atoms with Crippen molar-refractivity contribution >= 4 is 41.2 Å². The Bertz CT molecular complexity index is 868. The maximum Gasteiger partial charge on any atom is 0.410 e. The van der Waals surface area contributed by atoms with E-state index in [1.165, 1.54) is 6.08 Å². The summed E-state index contributed by atoms with van der Waals surface area (Å²) in [5.41, 5.74) is 1.52. The summed E-state index contributed by atoms with van der Waals surface area (Å²) < 4.78 is 7.60. The average molecular weight is 432 g/mol. The van der Waals surface area contributed by atoms with Crippen molar-refractivity contribution in [1.29, 1.82) is 0 Å². The third kappa shape index (κ3) is 6.25. The van der Waals surface area contributed by atoms with Crippen LogP contribution in [-0.2, 0) is 16.1 Å². The summed E-state index contributed by atoms with van der Waals surface area (Å²) in [5, 5.41) is 3.32. The number of carbonyl (C=O) groups excluding carboxylic acids is 2. The van der Waals surface area contributed by atoms with Crippen LogP contribution in [0.4, 0.5) is 10.5 Å². The number of rotatable bonds is 6. The molecule has 2 amide bonds. The molecule has 6 nitrogen and oxygen atoms in total. The van der Waals surface area contributed by atoms with Crippen LogP contribution in [0.2, 0.25) is 5.02 Å². The van der Waals surface area contributed by atoms with E-state index in [1.54, 1.807) is 22.9 Å². The minimum Gasteiger partial charge on any atom is -0.444 e. The number of halogens is 1. The van der Waals surface area contributed by atoms with Gasteiger partial charge < -0.3 is 15.0 Å². The van der Waals surface area contributed by atoms with Crippen LogP contribution >= 0.6 is 23.5 Å². The van der Waals surface area contributed by atoms with Gasteiger partial charge in [0.25, 0.3) is 0 Å². The third-order valence-corrected chi connectivity index (χ3v) is 5.82. The number of ether oxygens (including phenoxy) is 1. The van der Waals surface area contributed by atoms with Crippen molar-refractivity contribution in [2.24, 2.45) is 0 Å². The quantitative estimate of drug-likeness (QED) is 0.541. The van der Waals surface area contributed by atoms with Crippen molar-refractivity contribution in [2.45, 2.75) is 11.5 Å². The van der Waals surface area contributed by atoms with E-state index in [1.807, 2.05) is 42.5 Å². The Morgan fingerprint density at radius 2 is 1.79 bits per heavy atom. The minimum absolute atomic E-state index is 0.169. The van der Waals surface area contributed by atoms with Gasteiger partial charge in [-0.25, -0.2) is 9.10 Å². The molecule has 1 aliphatic heterocycles. The predicted octanol–water partition coefficient (Wildman–Crippen LogP) is 4.43. The van der Waals surface area contributed by atoms with Gasteiger partial charge in [0.05, 0.1) is 0 Å². The van der Waals surface area contributed by atoms with Crippen molar-refractivity contribution < 1.29 is 14.3 Å². The summed E-state index contributed by atoms with van der Waals surface area (Å²) in [6, 6.07) is 14.9. The molecule has 1 aliphatic rings. The Hall–Kier alpha value is -2.48. The first-order valence-corrected chi connectivity index (χ1v) is 10.3. The molecule has 1 N–H and O–H groups in total. The van der Waals surface area contributed by atoms with Crippen LogP contribution in [0.25, 0.3) is 0 Å². The van der Waals surface area contributed by atoms with Crippen molar-refractivity contribution in [2.75, 3.05) is 31.5 Å². The molecule has 1 heterocycles. The van der Waals surface area contributed by atoms with E-state index < -0.39 is 0 Å². The highest BCUT2D eigenvalue weighted by Gasteiger charge is 2.23. The fraction of sp³-hybridized carbons (Fsp3) is 0.238. The number of nitrogens with one attached hydrogen (secondary N) is 1. The van der Waals surface area contributed by atoms with E-state index in [9.17, 15) is 9.59 Å². The van der Waals surface area contributed by atoms with Crippen molar-refractivity contribution in [3.63, 3.8) is 0 Å². The fourth-order valence-electron chi connectivity index (χ4n) is 2.75. The summed E-state index contributed by atoms with van der Waals surface area (Å²) in [6.45, 7) is 6.28. The zero-order chi connectivity index (χ0) is 20.6. The van der Waals surface area contributed by atoms with Gasteiger partial charge in [-0.1, -0.05) is 36.4 Å². The molecule has 0 aliphatic carbocycles. The largest absolute Gasteiger partial charge is 0.444 e. The summed E-state index contributed by atoms with van der Waals surface area (Å²) in [5.74, 6) is -0.233. The van der Waals surface area contributed by atoms with Crippen LogP contribution < -0.4 is 5.32 Å². The molecule has 0 atom stereocenters. The van der Waals surface area contributed by atoms with E-state index in [4.69, 9.17) is 16.3 Å². The van der Waals surface area contributed by atoms with E-state index in [2.05, 4.69) is 16.2 Å². The number of amides is 2. The summed E-state index contributed by atoms with van der Waals surface area (Å²) >= 11 is 7.72. The number of hydrogen-bond donors (Lipinski definition) is 1. The number of carbonyl (C=O) groups is 2. The lowest BCUT2D eigenvalue weighted by atomic mass is 10.2. The first kappa shape index (κ1) is 21.2. The van der Waals surface area contributed by atoms with Crippen molar-refractivity contribution in [3.05, 3.63) is 71.8 Å². The molecule has 2 aromatic carbocycles. The zero-order valence-electron chi connectivity index (χ0n) is 15.8. The van der Waals surface area contributed by atoms with E-state index in [-0.39, 0.29) is 18.6 Å². The molecule has 8 heteroatoms. The summed E-state index contributed by atoms with van der Waals surface area (Å²) in [4.78, 5) is 26.4. The molecule has 0 unspecified atom stereocenters. The maximum absolute atomic E-state index is 12.3. The molecule has 0 saturated carbocycles. The normalized spacial score (nSPS) is 14.3. The smallest absolute Gasteiger partial charge is 0.410 e. The Morgan fingerprint density at radius 3 is 2.45 bits per heavy atom. The first-order valence-electron chi connectivity index (χ1n) is 9.16.